The fourth-order valence-corrected chi connectivity index (χ4v) is 4.15. The Morgan fingerprint density at radius 1 is 0.828 bits per heavy atom. The van der Waals surface area contributed by atoms with Crippen molar-refractivity contribution in [2.75, 3.05) is 5.75 Å². The second kappa shape index (κ2) is 16.6. The van der Waals surface area contributed by atoms with E-state index in [9.17, 15) is 13.0 Å². The number of rotatable bonds is 16. The van der Waals surface area contributed by atoms with E-state index in [0.29, 0.717) is 5.75 Å². The van der Waals surface area contributed by atoms with Crippen molar-refractivity contribution in [2.45, 2.75) is 104 Å². The fourth-order valence-electron chi connectivity index (χ4n) is 3.50. The molecule has 0 saturated heterocycles. The van der Waals surface area contributed by atoms with E-state index >= 15 is 0 Å². The van der Waals surface area contributed by atoms with Crippen LogP contribution in [0.25, 0.3) is 0 Å². The van der Waals surface area contributed by atoms with Crippen molar-refractivity contribution in [1.82, 2.24) is 0 Å². The number of benzene rings is 1. The van der Waals surface area contributed by atoms with Gasteiger partial charge in [0.1, 0.15) is 11.9 Å². The molecule has 162 valence electrons. The first-order valence-electron chi connectivity index (χ1n) is 11.1. The van der Waals surface area contributed by atoms with Crippen molar-refractivity contribution in [3.63, 3.8) is 0 Å². The van der Waals surface area contributed by atoms with E-state index in [0.717, 1.165) is 25.7 Å². The third-order valence-corrected chi connectivity index (χ3v) is 5.82. The van der Waals surface area contributed by atoms with Crippen LogP contribution in [0.2, 0.25) is 0 Å². The van der Waals surface area contributed by atoms with Crippen molar-refractivity contribution < 1.29 is 47.3 Å². The molecule has 0 N–H and O–H groups in total. The Labute approximate surface area is 201 Å². The molecule has 0 saturated carbocycles. The molecule has 1 atom stereocenters. The Hall–Kier alpha value is -0.0700. The topological polar surface area (TPSA) is 66.4 Å². The molecule has 0 aliphatic heterocycles. The van der Waals surface area contributed by atoms with E-state index in [1.54, 1.807) is 6.92 Å². The van der Waals surface area contributed by atoms with Gasteiger partial charge in [0.2, 0.25) is 0 Å². The standard InChI is InChI=1S/C23H40O4S.Na/c1-4-6-8-10-12-14-21-16-22(15-13-11-9-7-5-2)18-23(17-21)27-20(3)19-28(24,25)26;/h16-18,20H,4-15,19H2,1-3H3,(H,24,25,26);/q;+1/p-1. The fraction of sp³-hybridized carbons (Fsp3) is 0.739. The normalized spacial score (nSPS) is 12.4. The minimum atomic E-state index is -4.28. The summed E-state index contributed by atoms with van der Waals surface area (Å²) < 4.78 is 38.7. The molecule has 6 heteroatoms. The van der Waals surface area contributed by atoms with Crippen LogP contribution in [0, 0.1) is 0 Å². The Bertz CT molecular complexity index is 614. The molecule has 0 aromatic heterocycles. The van der Waals surface area contributed by atoms with Crippen molar-refractivity contribution in [3.8, 4) is 5.75 Å². The molecule has 1 aromatic carbocycles. The second-order valence-corrected chi connectivity index (χ2v) is 9.42. The van der Waals surface area contributed by atoms with Crippen LogP contribution in [-0.4, -0.2) is 24.8 Å². The minimum absolute atomic E-state index is 0. The Morgan fingerprint density at radius 2 is 1.28 bits per heavy atom. The van der Waals surface area contributed by atoms with Gasteiger partial charge in [-0.1, -0.05) is 71.3 Å². The van der Waals surface area contributed by atoms with E-state index in [1.807, 2.05) is 12.1 Å². The smallest absolute Gasteiger partial charge is 0.748 e. The van der Waals surface area contributed by atoms with Crippen LogP contribution in [0.4, 0.5) is 0 Å². The van der Waals surface area contributed by atoms with Crippen LogP contribution < -0.4 is 34.3 Å². The SMILES string of the molecule is CCCCCCCc1cc(CCCCCCC)cc(OC(C)CS(=O)(=O)[O-])c1.[Na+]. The summed E-state index contributed by atoms with van der Waals surface area (Å²) in [6.45, 7) is 6.07. The first-order valence-corrected chi connectivity index (χ1v) is 12.6. The molecule has 0 bridgehead atoms. The van der Waals surface area contributed by atoms with Crippen LogP contribution in [0.15, 0.2) is 18.2 Å². The predicted molar refractivity (Wildman–Crippen MR) is 116 cm³/mol. The molecule has 0 heterocycles. The third kappa shape index (κ3) is 15.4. The van der Waals surface area contributed by atoms with Gasteiger partial charge >= 0.3 is 29.6 Å². The van der Waals surface area contributed by atoms with Gasteiger partial charge in [-0.15, -0.1) is 0 Å². The molecule has 1 rings (SSSR count). The average Bonchev–Trinajstić information content (AvgIpc) is 2.59. The molecular weight excluding hydrogens is 395 g/mol. The zero-order valence-electron chi connectivity index (χ0n) is 19.0. The van der Waals surface area contributed by atoms with Gasteiger partial charge < -0.3 is 9.29 Å². The molecule has 0 fully saturated rings. The first kappa shape index (κ1) is 28.9. The van der Waals surface area contributed by atoms with Crippen molar-refractivity contribution in [3.05, 3.63) is 29.3 Å². The molecule has 1 aromatic rings. The molecule has 0 radical (unpaired) electrons. The molecule has 1 unspecified atom stereocenters. The maximum Gasteiger partial charge on any atom is 1.00 e. The molecule has 0 aliphatic rings. The van der Waals surface area contributed by atoms with Crippen LogP contribution >= 0.6 is 0 Å². The summed E-state index contributed by atoms with van der Waals surface area (Å²) in [6.07, 6.45) is 13.8. The molecule has 4 nitrogen and oxygen atoms in total. The van der Waals surface area contributed by atoms with Gasteiger partial charge in [-0.25, -0.2) is 8.42 Å². The summed E-state index contributed by atoms with van der Waals surface area (Å²) in [7, 11) is -4.28. The summed E-state index contributed by atoms with van der Waals surface area (Å²) >= 11 is 0. The zero-order valence-corrected chi connectivity index (χ0v) is 21.9. The zero-order chi connectivity index (χ0) is 20.8. The Balaban J connectivity index is 0.00000784. The maximum atomic E-state index is 11.0. The van der Waals surface area contributed by atoms with Crippen LogP contribution in [0.1, 0.15) is 96.1 Å². The summed E-state index contributed by atoms with van der Waals surface area (Å²) in [5.74, 6) is 0.186. The first-order chi connectivity index (χ1) is 13.3. The minimum Gasteiger partial charge on any atom is -0.748 e. The number of hydrogen-bond donors (Lipinski definition) is 0. The quantitative estimate of drug-likeness (QED) is 0.228. The van der Waals surface area contributed by atoms with Gasteiger partial charge in [0, 0.05) is 0 Å². The summed E-state index contributed by atoms with van der Waals surface area (Å²) in [4.78, 5) is 0. The van der Waals surface area contributed by atoms with Crippen molar-refractivity contribution in [1.29, 1.82) is 0 Å². The largest absolute Gasteiger partial charge is 1.00 e. The Kier molecular flexibility index (Phi) is 16.6. The van der Waals surface area contributed by atoms with E-state index in [-0.39, 0.29) is 29.6 Å². The summed E-state index contributed by atoms with van der Waals surface area (Å²) in [6, 6.07) is 6.28. The van der Waals surface area contributed by atoms with Crippen molar-refractivity contribution >= 4 is 10.1 Å². The summed E-state index contributed by atoms with van der Waals surface area (Å²) in [5, 5.41) is 0. The van der Waals surface area contributed by atoms with E-state index in [2.05, 4.69) is 19.9 Å². The van der Waals surface area contributed by atoms with E-state index in [1.165, 1.54) is 62.5 Å². The monoisotopic (exact) mass is 434 g/mol. The van der Waals surface area contributed by atoms with Crippen LogP contribution in [0.3, 0.4) is 0 Å². The average molecular weight is 435 g/mol. The van der Waals surface area contributed by atoms with E-state index in [4.69, 9.17) is 4.74 Å². The van der Waals surface area contributed by atoms with Gasteiger partial charge in [-0.3, -0.25) is 0 Å². The molecule has 0 spiro atoms. The maximum absolute atomic E-state index is 11.0. The predicted octanol–water partition coefficient (Wildman–Crippen LogP) is 3.03. The summed E-state index contributed by atoms with van der Waals surface area (Å²) in [5.41, 5.74) is 2.49. The number of aryl methyl sites for hydroxylation is 2. The van der Waals surface area contributed by atoms with Gasteiger partial charge in [0.15, 0.2) is 0 Å². The molecule has 29 heavy (non-hydrogen) atoms. The number of ether oxygens (including phenoxy) is 1. The van der Waals surface area contributed by atoms with Crippen LogP contribution in [-0.2, 0) is 23.0 Å². The molecule has 0 aliphatic carbocycles. The third-order valence-electron chi connectivity index (χ3n) is 4.94. The molecular formula is C23H39NaO4S. The number of hydrogen-bond acceptors (Lipinski definition) is 4. The number of unbranched alkanes of at least 4 members (excludes halogenated alkanes) is 8. The van der Waals surface area contributed by atoms with Crippen LogP contribution in [0.5, 0.6) is 5.75 Å². The second-order valence-electron chi connectivity index (χ2n) is 7.97. The van der Waals surface area contributed by atoms with E-state index < -0.39 is 22.0 Å². The van der Waals surface area contributed by atoms with Gasteiger partial charge in [0.05, 0.1) is 15.9 Å². The van der Waals surface area contributed by atoms with Crippen molar-refractivity contribution in [2.24, 2.45) is 0 Å². The van der Waals surface area contributed by atoms with Gasteiger partial charge in [-0.05, 0) is 55.9 Å². The van der Waals surface area contributed by atoms with Gasteiger partial charge in [0.25, 0.3) is 0 Å². The van der Waals surface area contributed by atoms with Gasteiger partial charge in [-0.2, -0.15) is 0 Å². The molecule has 0 amide bonds. The Morgan fingerprint density at radius 3 is 1.69 bits per heavy atom.